The molecule has 1 aromatic rings. The maximum atomic E-state index is 12.9. The molecule has 0 atom stereocenters. The van der Waals surface area contributed by atoms with E-state index in [-0.39, 0.29) is 5.75 Å². The number of carbonyl (C=O) groups excluding carboxylic acids is 1. The van der Waals surface area contributed by atoms with Crippen LogP contribution in [0.1, 0.15) is 0 Å². The Morgan fingerprint density at radius 2 is 2.27 bits per heavy atom. The van der Waals surface area contributed by atoms with Gasteiger partial charge in [0.2, 0.25) is 0 Å². The number of hydrogen-bond acceptors (Lipinski definition) is 4. The zero-order valence-electron chi connectivity index (χ0n) is 7.21. The molecule has 0 aliphatic heterocycles. The summed E-state index contributed by atoms with van der Waals surface area (Å²) in [4.78, 5) is 14.2. The molecule has 0 unspecified atom stereocenters. The van der Waals surface area contributed by atoms with Crippen molar-refractivity contribution in [3.8, 4) is 5.75 Å². The Labute approximate surface area is 91.7 Å². The summed E-state index contributed by atoms with van der Waals surface area (Å²) in [5, 5.41) is 0. The van der Waals surface area contributed by atoms with Crippen molar-refractivity contribution >= 4 is 21.8 Å². The summed E-state index contributed by atoms with van der Waals surface area (Å²) in [6, 6.07) is 1.24. The number of pyridine rings is 1. The SMILES string of the molecule is NNC(=O)C(F)(F)Oc1cncc(Br)c1. The summed E-state index contributed by atoms with van der Waals surface area (Å²) in [6.07, 6.45) is -1.60. The number of carbonyl (C=O) groups is 1. The molecule has 0 bridgehead atoms. The highest BCUT2D eigenvalue weighted by Gasteiger charge is 2.41. The highest BCUT2D eigenvalue weighted by molar-refractivity contribution is 9.10. The number of nitrogens with zero attached hydrogens (tertiary/aromatic N) is 1. The van der Waals surface area contributed by atoms with Crippen LogP contribution in [0.25, 0.3) is 0 Å². The summed E-state index contributed by atoms with van der Waals surface area (Å²) >= 11 is 3.01. The quantitative estimate of drug-likeness (QED) is 0.488. The van der Waals surface area contributed by atoms with Crippen LogP contribution in [0.5, 0.6) is 5.75 Å². The Hall–Kier alpha value is -1.28. The number of alkyl halides is 2. The molecule has 0 aromatic carbocycles. The van der Waals surface area contributed by atoms with Crippen LogP contribution in [0.3, 0.4) is 0 Å². The van der Waals surface area contributed by atoms with Gasteiger partial charge in [-0.2, -0.15) is 8.78 Å². The number of rotatable bonds is 3. The molecule has 1 amide bonds. The molecule has 0 fully saturated rings. The number of aromatic nitrogens is 1. The lowest BCUT2D eigenvalue weighted by molar-refractivity contribution is -0.193. The van der Waals surface area contributed by atoms with Gasteiger partial charge in [-0.1, -0.05) is 0 Å². The fraction of sp³-hybridized carbons (Fsp3) is 0.143. The second kappa shape index (κ2) is 4.49. The second-order valence-electron chi connectivity index (χ2n) is 2.43. The Morgan fingerprint density at radius 1 is 1.60 bits per heavy atom. The molecular weight excluding hydrogens is 276 g/mol. The largest absolute Gasteiger partial charge is 0.483 e. The van der Waals surface area contributed by atoms with Crippen LogP contribution in [-0.4, -0.2) is 17.0 Å². The summed E-state index contributed by atoms with van der Waals surface area (Å²) < 4.78 is 30.3. The van der Waals surface area contributed by atoms with Gasteiger partial charge in [0, 0.05) is 10.7 Å². The predicted molar refractivity (Wildman–Crippen MR) is 49.8 cm³/mol. The molecule has 3 N–H and O–H groups in total. The van der Waals surface area contributed by atoms with Gasteiger partial charge in [-0.3, -0.25) is 15.2 Å². The van der Waals surface area contributed by atoms with E-state index >= 15 is 0 Å². The Kier molecular flexibility index (Phi) is 3.53. The zero-order valence-corrected chi connectivity index (χ0v) is 8.79. The minimum atomic E-state index is -4.03. The normalized spacial score (nSPS) is 10.9. The van der Waals surface area contributed by atoms with E-state index in [9.17, 15) is 13.6 Å². The van der Waals surface area contributed by atoms with E-state index < -0.39 is 12.0 Å². The lowest BCUT2D eigenvalue weighted by Crippen LogP contribution is -2.47. The van der Waals surface area contributed by atoms with Gasteiger partial charge in [0.1, 0.15) is 5.75 Å². The fourth-order valence-electron chi connectivity index (χ4n) is 0.727. The Balaban J connectivity index is 2.81. The molecule has 0 spiro atoms. The first-order chi connectivity index (χ1) is 6.95. The highest BCUT2D eigenvalue weighted by atomic mass is 79.9. The third kappa shape index (κ3) is 3.10. The minimum Gasteiger partial charge on any atom is -0.424 e. The van der Waals surface area contributed by atoms with Crippen LogP contribution in [0.2, 0.25) is 0 Å². The van der Waals surface area contributed by atoms with Crippen molar-refractivity contribution in [2.75, 3.05) is 0 Å². The van der Waals surface area contributed by atoms with E-state index in [1.54, 1.807) is 0 Å². The molecule has 1 heterocycles. The van der Waals surface area contributed by atoms with Crippen LogP contribution < -0.4 is 16.0 Å². The van der Waals surface area contributed by atoms with Gasteiger partial charge in [-0.15, -0.1) is 0 Å². The summed E-state index contributed by atoms with van der Waals surface area (Å²) in [7, 11) is 0. The molecule has 0 aliphatic carbocycles. The predicted octanol–water partition coefficient (Wildman–Crippen LogP) is 0.806. The van der Waals surface area contributed by atoms with E-state index in [4.69, 9.17) is 0 Å². The van der Waals surface area contributed by atoms with Gasteiger partial charge in [-0.05, 0) is 22.0 Å². The lowest BCUT2D eigenvalue weighted by Gasteiger charge is -2.15. The maximum absolute atomic E-state index is 12.9. The van der Waals surface area contributed by atoms with Gasteiger partial charge in [0.05, 0.1) is 6.20 Å². The molecular formula is C7H6BrF2N3O2. The first-order valence-corrected chi connectivity index (χ1v) is 4.43. The number of halogens is 3. The molecule has 0 radical (unpaired) electrons. The van der Waals surface area contributed by atoms with E-state index in [1.807, 2.05) is 0 Å². The summed E-state index contributed by atoms with van der Waals surface area (Å²) in [6.45, 7) is 0. The van der Waals surface area contributed by atoms with Crippen LogP contribution in [0.15, 0.2) is 22.9 Å². The molecule has 0 saturated carbocycles. The zero-order chi connectivity index (χ0) is 11.5. The third-order valence-electron chi connectivity index (χ3n) is 1.32. The van der Waals surface area contributed by atoms with Gasteiger partial charge in [0.15, 0.2) is 0 Å². The van der Waals surface area contributed by atoms with Crippen LogP contribution >= 0.6 is 15.9 Å². The standard InChI is InChI=1S/C7H6BrF2N3O2/c8-4-1-5(3-12-2-4)15-7(9,10)6(14)13-11/h1-3H,11H2,(H,13,14). The van der Waals surface area contributed by atoms with Crippen molar-refractivity contribution in [1.82, 2.24) is 10.4 Å². The van der Waals surface area contributed by atoms with E-state index in [2.05, 4.69) is 31.5 Å². The molecule has 0 saturated heterocycles. The van der Waals surface area contributed by atoms with Crippen molar-refractivity contribution < 1.29 is 18.3 Å². The van der Waals surface area contributed by atoms with Gasteiger partial charge < -0.3 is 4.74 Å². The van der Waals surface area contributed by atoms with Crippen molar-refractivity contribution in [3.63, 3.8) is 0 Å². The molecule has 5 nitrogen and oxygen atoms in total. The third-order valence-corrected chi connectivity index (χ3v) is 1.75. The average molecular weight is 282 g/mol. The van der Waals surface area contributed by atoms with Crippen molar-refractivity contribution in [2.24, 2.45) is 5.84 Å². The van der Waals surface area contributed by atoms with Crippen molar-refractivity contribution in [2.45, 2.75) is 6.11 Å². The number of amides is 1. The topological polar surface area (TPSA) is 77.2 Å². The van der Waals surface area contributed by atoms with E-state index in [0.717, 1.165) is 6.20 Å². The second-order valence-corrected chi connectivity index (χ2v) is 3.35. The first kappa shape index (κ1) is 11.8. The Morgan fingerprint density at radius 3 is 2.80 bits per heavy atom. The molecule has 8 heteroatoms. The Bertz CT molecular complexity index is 375. The number of hydrazine groups is 1. The van der Waals surface area contributed by atoms with E-state index in [0.29, 0.717) is 4.47 Å². The molecule has 1 aromatic heterocycles. The number of ether oxygens (including phenoxy) is 1. The van der Waals surface area contributed by atoms with Gasteiger partial charge in [0.25, 0.3) is 0 Å². The summed E-state index contributed by atoms with van der Waals surface area (Å²) in [5.41, 5.74) is 1.29. The van der Waals surface area contributed by atoms with Crippen molar-refractivity contribution in [3.05, 3.63) is 22.9 Å². The van der Waals surface area contributed by atoms with Crippen LogP contribution in [0, 0.1) is 0 Å². The van der Waals surface area contributed by atoms with E-state index in [1.165, 1.54) is 17.7 Å². The molecule has 82 valence electrons. The van der Waals surface area contributed by atoms with Gasteiger partial charge in [-0.25, -0.2) is 5.84 Å². The minimum absolute atomic E-state index is 0.252. The number of nitrogens with two attached hydrogens (primary N) is 1. The number of hydrogen-bond donors (Lipinski definition) is 2. The van der Waals surface area contributed by atoms with Crippen LogP contribution in [0.4, 0.5) is 8.78 Å². The van der Waals surface area contributed by atoms with Crippen molar-refractivity contribution in [1.29, 1.82) is 0 Å². The molecule has 0 aliphatic rings. The highest BCUT2D eigenvalue weighted by Crippen LogP contribution is 2.23. The lowest BCUT2D eigenvalue weighted by atomic mass is 10.4. The molecule has 1 rings (SSSR count). The van der Waals surface area contributed by atoms with Gasteiger partial charge >= 0.3 is 12.0 Å². The monoisotopic (exact) mass is 281 g/mol. The average Bonchev–Trinajstić information content (AvgIpc) is 2.15. The maximum Gasteiger partial charge on any atom is 0.483 e. The van der Waals surface area contributed by atoms with Crippen LogP contribution in [-0.2, 0) is 4.79 Å². The smallest absolute Gasteiger partial charge is 0.424 e. The number of nitrogens with one attached hydrogen (secondary N) is 1. The molecule has 15 heavy (non-hydrogen) atoms. The summed E-state index contributed by atoms with van der Waals surface area (Å²) in [5.74, 6) is 2.57. The fourth-order valence-corrected chi connectivity index (χ4v) is 1.07. The first-order valence-electron chi connectivity index (χ1n) is 3.64.